The molecule has 3 aromatic heterocycles. The molecule has 132 valence electrons. The lowest BCUT2D eigenvalue weighted by Gasteiger charge is -1.98. The minimum atomic E-state index is 0.184. The van der Waals surface area contributed by atoms with Crippen LogP contribution in [0.3, 0.4) is 0 Å². The molecule has 3 heterocycles. The van der Waals surface area contributed by atoms with Crippen LogP contribution in [0.2, 0.25) is 0 Å². The molecular weight excluding hydrogens is 340 g/mol. The SMILES string of the molecule is Cn1cc(Nc2nc([N+]#CC3CCc4ccccc43)c3[nH]cnc3n2)cn1. The van der Waals surface area contributed by atoms with E-state index in [2.05, 4.69) is 65.5 Å². The van der Waals surface area contributed by atoms with Gasteiger partial charge in [-0.3, -0.25) is 10.00 Å². The second kappa shape index (κ2) is 6.21. The largest absolute Gasteiger partial charge is 0.456 e. The molecule has 1 atom stereocenters. The maximum absolute atomic E-state index is 4.56. The molecular formula is C19H17N8+. The molecule has 27 heavy (non-hydrogen) atoms. The fourth-order valence-electron chi connectivity index (χ4n) is 3.40. The lowest BCUT2D eigenvalue weighted by atomic mass is 10.0. The quantitative estimate of drug-likeness (QED) is 0.573. The van der Waals surface area contributed by atoms with E-state index in [9.17, 15) is 0 Å². The highest BCUT2D eigenvalue weighted by molar-refractivity contribution is 5.84. The van der Waals surface area contributed by atoms with Gasteiger partial charge in [-0.25, -0.2) is 4.98 Å². The molecule has 0 radical (unpaired) electrons. The summed E-state index contributed by atoms with van der Waals surface area (Å²) in [6, 6.07) is 11.7. The van der Waals surface area contributed by atoms with Crippen LogP contribution in [-0.4, -0.2) is 29.7 Å². The zero-order valence-electron chi connectivity index (χ0n) is 14.7. The normalized spacial score (nSPS) is 15.4. The first kappa shape index (κ1) is 15.5. The summed E-state index contributed by atoms with van der Waals surface area (Å²) in [5.74, 6) is 1.13. The molecule has 0 spiro atoms. The predicted molar refractivity (Wildman–Crippen MR) is 103 cm³/mol. The Morgan fingerprint density at radius 3 is 3.11 bits per heavy atom. The Hall–Kier alpha value is -3.73. The summed E-state index contributed by atoms with van der Waals surface area (Å²) in [7, 11) is 1.85. The smallest absolute Gasteiger partial charge is 0.335 e. The molecule has 0 aliphatic heterocycles. The van der Waals surface area contributed by atoms with E-state index in [1.807, 2.05) is 13.2 Å². The molecule has 1 aromatic carbocycles. The number of imidazole rings is 1. The number of aryl methyl sites for hydroxylation is 2. The van der Waals surface area contributed by atoms with Crippen molar-refractivity contribution in [1.29, 1.82) is 0 Å². The first-order valence-corrected chi connectivity index (χ1v) is 8.77. The number of rotatable bonds is 2. The number of aromatic amines is 1. The highest BCUT2D eigenvalue weighted by Crippen LogP contribution is 2.33. The minimum Gasteiger partial charge on any atom is -0.335 e. The van der Waals surface area contributed by atoms with Gasteiger partial charge in [0.1, 0.15) is 0 Å². The van der Waals surface area contributed by atoms with Crippen molar-refractivity contribution >= 4 is 28.6 Å². The average Bonchev–Trinajstić information content (AvgIpc) is 3.40. The highest BCUT2D eigenvalue weighted by atomic mass is 15.3. The van der Waals surface area contributed by atoms with Crippen LogP contribution in [-0.2, 0) is 13.5 Å². The zero-order valence-corrected chi connectivity index (χ0v) is 14.7. The van der Waals surface area contributed by atoms with Gasteiger partial charge >= 0.3 is 11.8 Å². The minimum absolute atomic E-state index is 0.184. The van der Waals surface area contributed by atoms with Crippen molar-refractivity contribution < 1.29 is 0 Å². The summed E-state index contributed by atoms with van der Waals surface area (Å²) < 4.78 is 1.71. The Labute approximate surface area is 155 Å². The van der Waals surface area contributed by atoms with Crippen LogP contribution in [0.5, 0.6) is 0 Å². The lowest BCUT2D eigenvalue weighted by molar-refractivity contribution is 0.768. The van der Waals surface area contributed by atoms with Crippen LogP contribution in [0.25, 0.3) is 16.0 Å². The lowest BCUT2D eigenvalue weighted by Crippen LogP contribution is -1.97. The third-order valence-electron chi connectivity index (χ3n) is 4.69. The van der Waals surface area contributed by atoms with Crippen LogP contribution in [0.15, 0.2) is 43.0 Å². The van der Waals surface area contributed by atoms with E-state index in [1.165, 1.54) is 11.1 Å². The van der Waals surface area contributed by atoms with Crippen LogP contribution in [0.1, 0.15) is 23.5 Å². The number of benzene rings is 1. The number of anilines is 2. The molecule has 0 amide bonds. The van der Waals surface area contributed by atoms with Gasteiger partial charge in [0.25, 0.3) is 0 Å². The van der Waals surface area contributed by atoms with E-state index in [4.69, 9.17) is 0 Å². The van der Waals surface area contributed by atoms with Gasteiger partial charge in [-0.1, -0.05) is 24.3 Å². The second-order valence-corrected chi connectivity index (χ2v) is 6.53. The molecule has 0 fully saturated rings. The van der Waals surface area contributed by atoms with Crippen molar-refractivity contribution in [3.05, 3.63) is 59.0 Å². The fraction of sp³-hybridized carbons (Fsp3) is 0.211. The Balaban J connectivity index is 1.51. The van der Waals surface area contributed by atoms with Crippen molar-refractivity contribution in [2.24, 2.45) is 7.05 Å². The predicted octanol–water partition coefficient (Wildman–Crippen LogP) is 3.52. The van der Waals surface area contributed by atoms with Crippen molar-refractivity contribution in [3.8, 4) is 6.07 Å². The van der Waals surface area contributed by atoms with E-state index < -0.39 is 0 Å². The molecule has 8 heteroatoms. The third kappa shape index (κ3) is 2.89. The summed E-state index contributed by atoms with van der Waals surface area (Å²) >= 11 is 0. The van der Waals surface area contributed by atoms with Gasteiger partial charge in [-0.15, -0.1) is 0 Å². The van der Waals surface area contributed by atoms with Crippen molar-refractivity contribution in [2.45, 2.75) is 18.8 Å². The molecule has 0 saturated heterocycles. The molecule has 8 nitrogen and oxygen atoms in total. The Bertz CT molecular complexity index is 1190. The van der Waals surface area contributed by atoms with Crippen molar-refractivity contribution in [1.82, 2.24) is 29.7 Å². The standard InChI is InChI=1S/C19H17N8/c1-27-10-14(9-23-27)24-19-25-17(16-18(26-19)22-11-21-16)20-8-13-7-6-12-4-2-3-5-15(12)13/h2-5,9-11,13H,6-7H2,1H3,(H2,21,22,24,25,26)/q+1. The second-order valence-electron chi connectivity index (χ2n) is 6.53. The van der Waals surface area contributed by atoms with Gasteiger partial charge in [-0.05, 0) is 24.0 Å². The van der Waals surface area contributed by atoms with Crippen LogP contribution in [0.4, 0.5) is 17.5 Å². The van der Waals surface area contributed by atoms with Gasteiger partial charge in [0, 0.05) is 18.2 Å². The number of hydrogen-bond acceptors (Lipinski definition) is 5. The molecule has 2 N–H and O–H groups in total. The summed E-state index contributed by atoms with van der Waals surface area (Å²) in [4.78, 5) is 20.8. The van der Waals surface area contributed by atoms with Gasteiger partial charge in [0.2, 0.25) is 0 Å². The maximum atomic E-state index is 4.56. The van der Waals surface area contributed by atoms with Gasteiger partial charge < -0.3 is 4.98 Å². The van der Waals surface area contributed by atoms with E-state index in [-0.39, 0.29) is 5.92 Å². The average molecular weight is 357 g/mol. The van der Waals surface area contributed by atoms with Gasteiger partial charge in [0.15, 0.2) is 17.2 Å². The number of hydrogen-bond donors (Lipinski definition) is 2. The highest BCUT2D eigenvalue weighted by Gasteiger charge is 2.24. The van der Waals surface area contributed by atoms with Gasteiger partial charge in [0.05, 0.1) is 24.1 Å². The van der Waals surface area contributed by atoms with Crippen LogP contribution >= 0.6 is 0 Å². The van der Waals surface area contributed by atoms with Gasteiger partial charge in [-0.2, -0.15) is 14.9 Å². The summed E-state index contributed by atoms with van der Waals surface area (Å²) in [6.07, 6.45) is 7.23. The molecule has 4 aromatic rings. The first-order chi connectivity index (χ1) is 13.3. The number of H-pyrrole nitrogens is 1. The zero-order chi connectivity index (χ0) is 18.2. The first-order valence-electron chi connectivity index (χ1n) is 8.77. The number of fused-ring (bicyclic) bond motifs is 2. The van der Waals surface area contributed by atoms with Crippen LogP contribution in [0, 0.1) is 6.07 Å². The van der Waals surface area contributed by atoms with Crippen molar-refractivity contribution in [2.75, 3.05) is 5.32 Å². The van der Waals surface area contributed by atoms with Crippen LogP contribution < -0.4 is 5.32 Å². The Morgan fingerprint density at radius 2 is 2.22 bits per heavy atom. The molecule has 1 aliphatic rings. The van der Waals surface area contributed by atoms with Crippen molar-refractivity contribution in [3.63, 3.8) is 0 Å². The molecule has 5 rings (SSSR count). The number of nitrogens with one attached hydrogen (secondary N) is 2. The molecule has 0 bridgehead atoms. The van der Waals surface area contributed by atoms with E-state index in [0.717, 1.165) is 18.5 Å². The maximum Gasteiger partial charge on any atom is 0.456 e. The summed E-state index contributed by atoms with van der Waals surface area (Å²) in [6.45, 7) is 0. The monoisotopic (exact) mass is 357 g/mol. The third-order valence-corrected chi connectivity index (χ3v) is 4.69. The number of nitrogens with zero attached hydrogens (tertiary/aromatic N) is 6. The van der Waals surface area contributed by atoms with E-state index in [1.54, 1.807) is 17.2 Å². The summed E-state index contributed by atoms with van der Waals surface area (Å²) in [5, 5.41) is 7.28. The van der Waals surface area contributed by atoms with E-state index >= 15 is 0 Å². The number of aromatic nitrogens is 6. The topological polar surface area (TPSA) is 88.7 Å². The van der Waals surface area contributed by atoms with E-state index in [0.29, 0.717) is 22.9 Å². The molecule has 1 unspecified atom stereocenters. The molecule has 1 aliphatic carbocycles. The molecule has 0 saturated carbocycles. The fourth-order valence-corrected chi connectivity index (χ4v) is 3.40. The summed E-state index contributed by atoms with van der Waals surface area (Å²) in [5.41, 5.74) is 4.73. The Morgan fingerprint density at radius 1 is 1.30 bits per heavy atom. The Kier molecular flexibility index (Phi) is 3.57.